The van der Waals surface area contributed by atoms with Crippen molar-refractivity contribution in [1.82, 2.24) is 0 Å². The molecular formula is C9H15BrO. The van der Waals surface area contributed by atoms with Crippen LogP contribution in [0.15, 0.2) is 0 Å². The number of carbonyl (C=O) groups is 1. The normalized spacial score (nSPS) is 24.1. The molecule has 1 nitrogen and oxygen atoms in total. The van der Waals surface area contributed by atoms with Gasteiger partial charge in [-0.3, -0.25) is 0 Å². The highest BCUT2D eigenvalue weighted by Gasteiger charge is 2.19. The molecule has 0 saturated heterocycles. The van der Waals surface area contributed by atoms with Gasteiger partial charge in [-0.1, -0.05) is 41.6 Å². The molecule has 1 aliphatic carbocycles. The molecule has 0 amide bonds. The lowest BCUT2D eigenvalue weighted by Gasteiger charge is -2.14. The lowest BCUT2D eigenvalue weighted by molar-refractivity contribution is -0.108. The van der Waals surface area contributed by atoms with Crippen LogP contribution in [0.3, 0.4) is 0 Å². The topological polar surface area (TPSA) is 17.1 Å². The fourth-order valence-electron chi connectivity index (χ4n) is 1.74. The molecule has 0 spiro atoms. The summed E-state index contributed by atoms with van der Waals surface area (Å²) in [6.45, 7) is 0. The Balaban J connectivity index is 2.35. The zero-order valence-electron chi connectivity index (χ0n) is 6.76. The first kappa shape index (κ1) is 9.24. The van der Waals surface area contributed by atoms with Gasteiger partial charge in [0.1, 0.15) is 6.29 Å². The van der Waals surface area contributed by atoms with Crippen molar-refractivity contribution in [3.8, 4) is 0 Å². The number of hydrogen-bond donors (Lipinski definition) is 0. The first-order chi connectivity index (χ1) is 5.34. The Labute approximate surface area is 76.7 Å². The predicted molar refractivity (Wildman–Crippen MR) is 50.0 cm³/mol. The fourth-order valence-corrected chi connectivity index (χ4v) is 2.27. The number of carbonyl (C=O) groups excluding carboxylic acids is 1. The number of rotatable bonds is 2. The van der Waals surface area contributed by atoms with E-state index in [1.807, 2.05) is 0 Å². The van der Waals surface area contributed by atoms with Crippen LogP contribution in [0.1, 0.15) is 38.5 Å². The van der Waals surface area contributed by atoms with E-state index in [0.717, 1.165) is 6.29 Å². The highest BCUT2D eigenvalue weighted by atomic mass is 79.9. The molecule has 1 unspecified atom stereocenters. The minimum atomic E-state index is 0.112. The molecule has 1 fully saturated rings. The van der Waals surface area contributed by atoms with Crippen molar-refractivity contribution in [1.29, 1.82) is 0 Å². The maximum Gasteiger partial charge on any atom is 0.133 e. The van der Waals surface area contributed by atoms with Crippen molar-refractivity contribution in [2.75, 3.05) is 0 Å². The van der Waals surface area contributed by atoms with Crippen LogP contribution in [0.25, 0.3) is 0 Å². The van der Waals surface area contributed by atoms with Crippen molar-refractivity contribution in [3.05, 3.63) is 0 Å². The highest BCUT2D eigenvalue weighted by molar-refractivity contribution is 9.09. The van der Waals surface area contributed by atoms with Gasteiger partial charge < -0.3 is 4.79 Å². The molecule has 1 rings (SSSR count). The lowest BCUT2D eigenvalue weighted by atomic mass is 9.97. The van der Waals surface area contributed by atoms with E-state index in [4.69, 9.17) is 0 Å². The van der Waals surface area contributed by atoms with Crippen molar-refractivity contribution < 1.29 is 4.79 Å². The summed E-state index contributed by atoms with van der Waals surface area (Å²) in [6, 6.07) is 0. The minimum Gasteiger partial charge on any atom is -0.302 e. The summed E-state index contributed by atoms with van der Waals surface area (Å²) >= 11 is 3.40. The maximum absolute atomic E-state index is 10.5. The molecule has 2 heteroatoms. The Hall–Kier alpha value is 0.150. The lowest BCUT2D eigenvalue weighted by Crippen LogP contribution is -2.14. The van der Waals surface area contributed by atoms with Crippen LogP contribution >= 0.6 is 15.9 Å². The van der Waals surface area contributed by atoms with E-state index in [1.165, 1.54) is 38.5 Å². The Morgan fingerprint density at radius 1 is 1.18 bits per heavy atom. The third-order valence-electron chi connectivity index (χ3n) is 2.48. The standard InChI is InChI=1S/C9H15BrO/c10-9(7-11)8-5-3-1-2-4-6-8/h7-9H,1-6H2. The monoisotopic (exact) mass is 218 g/mol. The second-order valence-electron chi connectivity index (χ2n) is 3.33. The van der Waals surface area contributed by atoms with Gasteiger partial charge >= 0.3 is 0 Å². The summed E-state index contributed by atoms with van der Waals surface area (Å²) in [4.78, 5) is 10.6. The molecule has 0 heterocycles. The Morgan fingerprint density at radius 2 is 1.73 bits per heavy atom. The van der Waals surface area contributed by atoms with E-state index in [9.17, 15) is 4.79 Å². The van der Waals surface area contributed by atoms with Gasteiger partial charge in [-0.25, -0.2) is 0 Å². The van der Waals surface area contributed by atoms with E-state index in [-0.39, 0.29) is 4.83 Å². The van der Waals surface area contributed by atoms with Crippen LogP contribution in [-0.2, 0) is 4.79 Å². The first-order valence-corrected chi connectivity index (χ1v) is 5.35. The van der Waals surface area contributed by atoms with Gasteiger partial charge in [0.25, 0.3) is 0 Å². The predicted octanol–water partition coefficient (Wildman–Crippen LogP) is 2.92. The molecule has 0 N–H and O–H groups in total. The van der Waals surface area contributed by atoms with Crippen LogP contribution in [0.2, 0.25) is 0 Å². The molecule has 0 aromatic rings. The number of hydrogen-bond acceptors (Lipinski definition) is 1. The summed E-state index contributed by atoms with van der Waals surface area (Å²) in [5, 5.41) is 0. The van der Waals surface area contributed by atoms with E-state index < -0.39 is 0 Å². The molecule has 0 aromatic carbocycles. The summed E-state index contributed by atoms with van der Waals surface area (Å²) < 4.78 is 0. The van der Waals surface area contributed by atoms with Gasteiger partial charge in [0.2, 0.25) is 0 Å². The summed E-state index contributed by atoms with van der Waals surface area (Å²) in [5.74, 6) is 0.606. The SMILES string of the molecule is O=CC(Br)C1CCCCCC1. The van der Waals surface area contributed by atoms with Crippen LogP contribution in [0.5, 0.6) is 0 Å². The molecule has 64 valence electrons. The molecule has 1 aliphatic rings. The maximum atomic E-state index is 10.5. The second kappa shape index (κ2) is 4.91. The van der Waals surface area contributed by atoms with Gasteiger partial charge in [-0.15, -0.1) is 0 Å². The van der Waals surface area contributed by atoms with Crippen LogP contribution in [-0.4, -0.2) is 11.1 Å². The smallest absolute Gasteiger partial charge is 0.133 e. The fraction of sp³-hybridized carbons (Fsp3) is 0.889. The van der Waals surface area contributed by atoms with Crippen molar-refractivity contribution in [2.45, 2.75) is 43.4 Å². The van der Waals surface area contributed by atoms with Crippen LogP contribution in [0, 0.1) is 5.92 Å². The van der Waals surface area contributed by atoms with E-state index in [1.54, 1.807) is 0 Å². The Kier molecular flexibility index (Phi) is 4.13. The molecule has 0 aliphatic heterocycles. The third-order valence-corrected chi connectivity index (χ3v) is 3.44. The van der Waals surface area contributed by atoms with Crippen LogP contribution < -0.4 is 0 Å². The molecule has 0 radical (unpaired) electrons. The molecule has 1 atom stereocenters. The van der Waals surface area contributed by atoms with Gasteiger partial charge in [0, 0.05) is 0 Å². The van der Waals surface area contributed by atoms with Crippen molar-refractivity contribution >= 4 is 22.2 Å². The molecule has 0 bridgehead atoms. The first-order valence-electron chi connectivity index (χ1n) is 4.44. The molecule has 11 heavy (non-hydrogen) atoms. The van der Waals surface area contributed by atoms with E-state index in [0.29, 0.717) is 5.92 Å². The minimum absolute atomic E-state index is 0.112. The average molecular weight is 219 g/mol. The van der Waals surface area contributed by atoms with E-state index in [2.05, 4.69) is 15.9 Å². The molecule has 1 saturated carbocycles. The molecule has 0 aromatic heterocycles. The number of alkyl halides is 1. The van der Waals surface area contributed by atoms with Crippen molar-refractivity contribution in [3.63, 3.8) is 0 Å². The van der Waals surface area contributed by atoms with E-state index >= 15 is 0 Å². The van der Waals surface area contributed by atoms with Crippen molar-refractivity contribution in [2.24, 2.45) is 5.92 Å². The summed E-state index contributed by atoms with van der Waals surface area (Å²) in [6.07, 6.45) is 8.82. The number of halogens is 1. The third kappa shape index (κ3) is 2.94. The number of aldehydes is 1. The van der Waals surface area contributed by atoms with Gasteiger partial charge in [-0.05, 0) is 18.8 Å². The zero-order chi connectivity index (χ0) is 8.10. The Morgan fingerprint density at radius 3 is 2.18 bits per heavy atom. The summed E-state index contributed by atoms with van der Waals surface area (Å²) in [7, 11) is 0. The Bertz CT molecular complexity index is 117. The average Bonchev–Trinajstić information content (AvgIpc) is 2.30. The second-order valence-corrected chi connectivity index (χ2v) is 4.39. The quantitative estimate of drug-likeness (QED) is 0.396. The van der Waals surface area contributed by atoms with Crippen LogP contribution in [0.4, 0.5) is 0 Å². The largest absolute Gasteiger partial charge is 0.302 e. The zero-order valence-corrected chi connectivity index (χ0v) is 8.35. The highest BCUT2D eigenvalue weighted by Crippen LogP contribution is 2.27. The summed E-state index contributed by atoms with van der Waals surface area (Å²) in [5.41, 5.74) is 0. The van der Waals surface area contributed by atoms with Gasteiger partial charge in [0.05, 0.1) is 4.83 Å². The molecular weight excluding hydrogens is 204 g/mol. The van der Waals surface area contributed by atoms with Gasteiger partial charge in [0.15, 0.2) is 0 Å². The van der Waals surface area contributed by atoms with Gasteiger partial charge in [-0.2, -0.15) is 0 Å².